The number of rotatable bonds is 28. The highest BCUT2D eigenvalue weighted by molar-refractivity contribution is 6.92. The molecule has 0 aliphatic rings. The highest BCUT2D eigenvalue weighted by Crippen LogP contribution is 2.31. The van der Waals surface area contributed by atoms with Crippen LogP contribution in [0.5, 0.6) is 0 Å². The number of hydrogen-bond donors (Lipinski definition) is 0. The summed E-state index contributed by atoms with van der Waals surface area (Å²) in [5.74, 6) is 0. The zero-order valence-electron chi connectivity index (χ0n) is 42.2. The second-order valence-electron chi connectivity index (χ2n) is 21.1. The summed E-state index contributed by atoms with van der Waals surface area (Å²) in [5.41, 5.74) is 0.654. The molecule has 0 saturated heterocycles. The zero-order chi connectivity index (χ0) is 46.7. The van der Waals surface area contributed by atoms with Gasteiger partial charge < -0.3 is 64.2 Å². The molecule has 0 rings (SSSR count). The minimum Gasteiger partial charge on any atom is -0.416 e. The Labute approximate surface area is 398 Å². The zero-order valence-corrected chi connectivity index (χ0v) is 54.2. The van der Waals surface area contributed by atoms with Gasteiger partial charge in [-0.15, -0.1) is 0 Å². The van der Waals surface area contributed by atoms with Crippen LogP contribution in [0.25, 0.3) is 0 Å². The minimum absolute atomic E-state index is 0. The SMILES string of the molecule is C.C.C.C.CO[Si](C[Si](C)(C)OC[Si](O[Si](C)(C)C)(O[Si](C)(C)C)O[Si](C)(C)C)(OC)OC.CO[Si](OC)(OC)O[Si](C)(C)OC[Si](O[Si](C)(C)C)(O[Si](C)(C)C)O[Si](C)(C)C. The highest BCUT2D eigenvalue weighted by atomic mass is 28.5. The Balaban J connectivity index is -0.000000238. The fourth-order valence-corrected chi connectivity index (χ4v) is 47.8. The molecule has 0 bridgehead atoms. The summed E-state index contributed by atoms with van der Waals surface area (Å²) in [6.45, 7) is 47.1. The van der Waals surface area contributed by atoms with E-state index in [2.05, 4.69) is 131 Å². The molecule has 0 N–H and O–H groups in total. The van der Waals surface area contributed by atoms with Gasteiger partial charge in [-0.05, 0) is 144 Å². The van der Waals surface area contributed by atoms with E-state index in [9.17, 15) is 0 Å². The minimum atomic E-state index is -3.23. The molecule has 27 heteroatoms. The Hall–Kier alpha value is 2.00. The van der Waals surface area contributed by atoms with Crippen molar-refractivity contribution in [3.8, 4) is 0 Å². The first kappa shape index (κ1) is 75.5. The lowest BCUT2D eigenvalue weighted by molar-refractivity contribution is 0.0350. The first-order valence-corrected chi connectivity index (χ1v) is 53.7. The summed E-state index contributed by atoms with van der Waals surface area (Å²) >= 11 is 0. The van der Waals surface area contributed by atoms with E-state index < -0.39 is 102 Å². The van der Waals surface area contributed by atoms with E-state index in [-0.39, 0.29) is 35.9 Å². The van der Waals surface area contributed by atoms with Crippen molar-refractivity contribution in [2.24, 2.45) is 0 Å². The fraction of sp³-hybridized carbons (Fsp3) is 1.00. The maximum atomic E-state index is 6.70. The van der Waals surface area contributed by atoms with Crippen molar-refractivity contribution >= 4 is 102 Å². The fourth-order valence-electron chi connectivity index (χ4n) is 5.39. The highest BCUT2D eigenvalue weighted by Gasteiger charge is 2.56. The van der Waals surface area contributed by atoms with Crippen LogP contribution in [0.15, 0.2) is 0 Å². The lowest BCUT2D eigenvalue weighted by Gasteiger charge is -2.44. The third kappa shape index (κ3) is 34.3. The second-order valence-corrected chi connectivity index (χ2v) is 68.6. The Kier molecular flexibility index (Phi) is 34.9. The van der Waals surface area contributed by atoms with E-state index in [0.29, 0.717) is 11.9 Å². The molecule has 62 heavy (non-hydrogen) atoms. The topological polar surface area (TPSA) is 138 Å². The lowest BCUT2D eigenvalue weighted by atomic mass is 11.7. The molecule has 0 amide bonds. The first-order chi connectivity index (χ1) is 25.4. The van der Waals surface area contributed by atoms with Crippen LogP contribution in [-0.4, -0.2) is 157 Å². The Bertz CT molecular complexity index is 987. The van der Waals surface area contributed by atoms with Gasteiger partial charge in [0.05, 0.1) is 0 Å². The second kappa shape index (κ2) is 28.6. The van der Waals surface area contributed by atoms with Crippen molar-refractivity contribution in [3.05, 3.63) is 0 Å². The van der Waals surface area contributed by atoms with Gasteiger partial charge in [0.2, 0.25) is 0 Å². The van der Waals surface area contributed by atoms with Crippen LogP contribution in [0.2, 0.25) is 150 Å². The third-order valence-corrected chi connectivity index (χ3v) is 43.7. The van der Waals surface area contributed by atoms with Gasteiger partial charge in [-0.25, -0.2) is 0 Å². The first-order valence-electron chi connectivity index (χ1n) is 19.9. The van der Waals surface area contributed by atoms with Gasteiger partial charge in [0, 0.05) is 48.3 Å². The average molecular weight is 1100 g/mol. The number of hydrogen-bond acceptors (Lipinski definition) is 15. The van der Waals surface area contributed by atoms with E-state index in [1.165, 1.54) is 21.3 Å². The summed E-state index contributed by atoms with van der Waals surface area (Å²) in [7, 11) is -19.3. The quantitative estimate of drug-likeness (QED) is 0.0686. The molecule has 0 spiro atoms. The molecule has 0 aliphatic heterocycles. The summed E-state index contributed by atoms with van der Waals surface area (Å²) in [4.78, 5) is 0. The summed E-state index contributed by atoms with van der Waals surface area (Å²) < 4.78 is 92.2. The Morgan fingerprint density at radius 1 is 0.274 bits per heavy atom. The predicted octanol–water partition coefficient (Wildman–Crippen LogP) is 11.3. The van der Waals surface area contributed by atoms with Crippen LogP contribution in [-0.2, 0) is 64.2 Å². The molecule has 0 atom stereocenters. The third-order valence-electron chi connectivity index (χ3n) is 6.70. The molecule has 0 unspecified atom stereocenters. The van der Waals surface area contributed by atoms with E-state index in [4.69, 9.17) is 64.2 Å². The maximum Gasteiger partial charge on any atom is 0.669 e. The molecule has 0 heterocycles. The average Bonchev–Trinajstić information content (AvgIpc) is 2.96. The Morgan fingerprint density at radius 2 is 0.500 bits per heavy atom. The van der Waals surface area contributed by atoms with Gasteiger partial charge in [-0.1, -0.05) is 29.7 Å². The molecule has 15 nitrogen and oxygen atoms in total. The largest absolute Gasteiger partial charge is 0.669 e. The predicted molar refractivity (Wildman–Crippen MR) is 291 cm³/mol. The lowest BCUT2D eigenvalue weighted by Crippen LogP contribution is -2.65. The summed E-state index contributed by atoms with van der Waals surface area (Å²) in [6.07, 6.45) is 0.610. The Morgan fingerprint density at radius 3 is 0.694 bits per heavy atom. The molecule has 0 aromatic rings. The van der Waals surface area contributed by atoms with Crippen molar-refractivity contribution in [1.29, 1.82) is 0 Å². The van der Waals surface area contributed by atoms with Gasteiger partial charge in [-0.2, -0.15) is 0 Å². The standard InChI is InChI=1S/C16H46O7Si6.C15H44O8Si6.4CH4/c1-17-29(18-2,19-3)16-27(13,14)20-15-28(21-24(4,5)6,22-25(7,8)9)23-26(10,11)12;1-16-29(17-2,18-3)23-27(13,14)19-15-28(20-24(4,5)6,21-25(7,8)9)22-26(10,11)12;;;;/h15-16H2,1-14H3;15H2,1-14H3;4*1H4. The van der Waals surface area contributed by atoms with Crippen molar-refractivity contribution in [1.82, 2.24) is 0 Å². The molecular formula is C35H106O15Si12. The van der Waals surface area contributed by atoms with Crippen LogP contribution in [0.3, 0.4) is 0 Å². The van der Waals surface area contributed by atoms with Gasteiger partial charge >= 0.3 is 44.0 Å². The maximum absolute atomic E-state index is 6.70. The van der Waals surface area contributed by atoms with Crippen molar-refractivity contribution in [2.75, 3.05) is 55.1 Å². The van der Waals surface area contributed by atoms with E-state index in [1.807, 2.05) is 13.1 Å². The molecule has 0 aliphatic carbocycles. The van der Waals surface area contributed by atoms with Crippen LogP contribution in [0.4, 0.5) is 0 Å². The van der Waals surface area contributed by atoms with Gasteiger partial charge in [0.15, 0.2) is 58.2 Å². The molecule has 0 saturated carbocycles. The summed E-state index contributed by atoms with van der Waals surface area (Å²) in [6, 6.07) is 0. The van der Waals surface area contributed by atoms with Crippen LogP contribution in [0.1, 0.15) is 29.7 Å². The van der Waals surface area contributed by atoms with Crippen LogP contribution in [0, 0.1) is 0 Å². The van der Waals surface area contributed by atoms with Crippen molar-refractivity contribution in [3.63, 3.8) is 0 Å². The molecule has 0 radical (unpaired) electrons. The van der Waals surface area contributed by atoms with Crippen LogP contribution < -0.4 is 0 Å². The summed E-state index contributed by atoms with van der Waals surface area (Å²) in [5, 5.41) is 0. The monoisotopic (exact) mass is 1100 g/mol. The van der Waals surface area contributed by atoms with Gasteiger partial charge in [0.1, 0.15) is 12.5 Å². The normalized spacial score (nSPS) is 14.1. The van der Waals surface area contributed by atoms with E-state index >= 15 is 0 Å². The molecule has 0 aromatic heterocycles. The van der Waals surface area contributed by atoms with Crippen molar-refractivity contribution in [2.45, 2.75) is 179 Å². The smallest absolute Gasteiger partial charge is 0.416 e. The molecule has 384 valence electrons. The van der Waals surface area contributed by atoms with Gasteiger partial charge in [-0.3, -0.25) is 0 Å². The van der Waals surface area contributed by atoms with Crippen LogP contribution >= 0.6 is 0 Å². The molecular weight excluding hydrogens is 997 g/mol. The van der Waals surface area contributed by atoms with Gasteiger partial charge in [0.25, 0.3) is 0 Å². The molecule has 0 fully saturated rings. The molecule has 0 aromatic carbocycles. The van der Waals surface area contributed by atoms with E-state index in [0.717, 1.165) is 0 Å². The van der Waals surface area contributed by atoms with Crippen molar-refractivity contribution < 1.29 is 64.2 Å². The van der Waals surface area contributed by atoms with E-state index in [1.54, 1.807) is 21.3 Å².